The van der Waals surface area contributed by atoms with Crippen molar-refractivity contribution in [3.63, 3.8) is 0 Å². The molecule has 98 valence electrons. The molecule has 1 aromatic heterocycles. The summed E-state index contributed by atoms with van der Waals surface area (Å²) < 4.78 is 25.9. The topological polar surface area (TPSA) is 62.2 Å². The molecule has 2 rings (SSSR count). The Morgan fingerprint density at radius 3 is 2.63 bits per heavy atom. The molecule has 0 saturated heterocycles. The molecule has 0 aliphatic rings. The van der Waals surface area contributed by atoms with Crippen molar-refractivity contribution in [1.82, 2.24) is 4.98 Å². The normalized spacial score (nSPS) is 10.3. The second-order valence-corrected chi connectivity index (χ2v) is 3.93. The molecule has 0 amide bonds. The maximum Gasteiger partial charge on any atom is 0.339 e. The van der Waals surface area contributed by atoms with Crippen molar-refractivity contribution in [2.45, 2.75) is 6.92 Å². The zero-order chi connectivity index (χ0) is 14.0. The molecule has 0 spiro atoms. The van der Waals surface area contributed by atoms with E-state index in [9.17, 15) is 13.6 Å². The predicted molar refractivity (Wildman–Crippen MR) is 65.6 cm³/mol. The van der Waals surface area contributed by atoms with Crippen LogP contribution in [0.4, 0.5) is 20.2 Å². The van der Waals surface area contributed by atoms with Crippen molar-refractivity contribution >= 4 is 17.3 Å². The summed E-state index contributed by atoms with van der Waals surface area (Å²) >= 11 is 0. The molecular formula is C13H10F2N2O2. The summed E-state index contributed by atoms with van der Waals surface area (Å²) in [5.74, 6) is -3.12. The smallest absolute Gasteiger partial charge is 0.339 e. The average Bonchev–Trinajstić information content (AvgIpc) is 2.33. The van der Waals surface area contributed by atoms with Gasteiger partial charge in [0.15, 0.2) is 11.6 Å². The summed E-state index contributed by atoms with van der Waals surface area (Å²) in [5, 5.41) is 11.8. The van der Waals surface area contributed by atoms with Crippen LogP contribution in [0.5, 0.6) is 0 Å². The van der Waals surface area contributed by atoms with Gasteiger partial charge in [-0.1, -0.05) is 0 Å². The second kappa shape index (κ2) is 5.01. The van der Waals surface area contributed by atoms with Crippen LogP contribution >= 0.6 is 0 Å². The number of carbonyl (C=O) groups is 1. The molecule has 0 aliphatic heterocycles. The number of aryl methyl sites for hydroxylation is 1. The first-order valence-corrected chi connectivity index (χ1v) is 5.39. The van der Waals surface area contributed by atoms with Gasteiger partial charge >= 0.3 is 5.97 Å². The molecule has 19 heavy (non-hydrogen) atoms. The molecule has 0 aliphatic carbocycles. The highest BCUT2D eigenvalue weighted by molar-refractivity contribution is 5.94. The highest BCUT2D eigenvalue weighted by Crippen LogP contribution is 2.22. The van der Waals surface area contributed by atoms with E-state index in [1.165, 1.54) is 18.3 Å². The number of benzene rings is 1. The Morgan fingerprint density at radius 1 is 1.26 bits per heavy atom. The number of hydrogen-bond acceptors (Lipinski definition) is 3. The van der Waals surface area contributed by atoms with Crippen molar-refractivity contribution in [3.8, 4) is 0 Å². The minimum Gasteiger partial charge on any atom is -0.478 e. The Bertz CT molecular complexity index is 645. The number of rotatable bonds is 3. The van der Waals surface area contributed by atoms with E-state index in [0.29, 0.717) is 5.69 Å². The maximum absolute atomic E-state index is 13.1. The summed E-state index contributed by atoms with van der Waals surface area (Å²) in [4.78, 5) is 14.9. The Morgan fingerprint density at radius 2 is 2.00 bits per heavy atom. The molecule has 2 aromatic rings. The highest BCUT2D eigenvalue weighted by atomic mass is 19.2. The fourth-order valence-corrected chi connectivity index (χ4v) is 1.56. The van der Waals surface area contributed by atoms with Gasteiger partial charge in [0.2, 0.25) is 0 Å². The first-order chi connectivity index (χ1) is 8.97. The minimum atomic E-state index is -1.16. The van der Waals surface area contributed by atoms with Gasteiger partial charge in [0, 0.05) is 23.6 Å². The summed E-state index contributed by atoms with van der Waals surface area (Å²) in [6, 6.07) is 4.76. The van der Waals surface area contributed by atoms with Crippen molar-refractivity contribution in [3.05, 3.63) is 53.4 Å². The molecule has 1 aromatic carbocycles. The lowest BCUT2D eigenvalue weighted by Crippen LogP contribution is -2.04. The van der Waals surface area contributed by atoms with E-state index in [-0.39, 0.29) is 16.9 Å². The van der Waals surface area contributed by atoms with Crippen LogP contribution in [-0.4, -0.2) is 16.1 Å². The van der Waals surface area contributed by atoms with Crippen LogP contribution in [0.3, 0.4) is 0 Å². The number of anilines is 2. The number of halogens is 2. The monoisotopic (exact) mass is 264 g/mol. The van der Waals surface area contributed by atoms with E-state index in [0.717, 1.165) is 12.1 Å². The van der Waals surface area contributed by atoms with Crippen LogP contribution < -0.4 is 5.32 Å². The average molecular weight is 264 g/mol. The largest absolute Gasteiger partial charge is 0.478 e. The van der Waals surface area contributed by atoms with Gasteiger partial charge in [-0.3, -0.25) is 4.98 Å². The number of carboxylic acid groups (broad SMARTS) is 1. The summed E-state index contributed by atoms with van der Waals surface area (Å²) in [7, 11) is 0. The SMILES string of the molecule is Cc1cc(Nc2ccc(F)c(F)c2)c(C(=O)O)cn1. The number of carboxylic acids is 1. The van der Waals surface area contributed by atoms with Gasteiger partial charge in [-0.2, -0.15) is 0 Å². The first-order valence-electron chi connectivity index (χ1n) is 5.39. The van der Waals surface area contributed by atoms with Crippen LogP contribution in [0, 0.1) is 18.6 Å². The zero-order valence-corrected chi connectivity index (χ0v) is 9.95. The summed E-state index contributed by atoms with van der Waals surface area (Å²) in [6.07, 6.45) is 1.21. The quantitative estimate of drug-likeness (QED) is 0.894. The number of nitrogens with zero attached hydrogens (tertiary/aromatic N) is 1. The number of aromatic nitrogens is 1. The molecule has 6 heteroatoms. The molecule has 0 radical (unpaired) electrons. The lowest BCUT2D eigenvalue weighted by Gasteiger charge is -2.10. The van der Waals surface area contributed by atoms with Crippen LogP contribution in [0.25, 0.3) is 0 Å². The van der Waals surface area contributed by atoms with Gasteiger partial charge in [0.25, 0.3) is 0 Å². The number of pyridine rings is 1. The number of nitrogens with one attached hydrogen (secondary N) is 1. The van der Waals surface area contributed by atoms with Crippen LogP contribution in [-0.2, 0) is 0 Å². The van der Waals surface area contributed by atoms with Gasteiger partial charge < -0.3 is 10.4 Å². The maximum atomic E-state index is 13.1. The molecule has 0 atom stereocenters. The second-order valence-electron chi connectivity index (χ2n) is 3.93. The van der Waals surface area contributed by atoms with Gasteiger partial charge in [-0.05, 0) is 25.1 Å². The van der Waals surface area contributed by atoms with Gasteiger partial charge in [-0.15, -0.1) is 0 Å². The van der Waals surface area contributed by atoms with E-state index in [1.807, 2.05) is 0 Å². The minimum absolute atomic E-state index is 0.0460. The van der Waals surface area contributed by atoms with Crippen LogP contribution in [0.2, 0.25) is 0 Å². The van der Waals surface area contributed by atoms with Crippen LogP contribution in [0.1, 0.15) is 16.1 Å². The summed E-state index contributed by atoms with van der Waals surface area (Å²) in [6.45, 7) is 1.70. The van der Waals surface area contributed by atoms with Crippen molar-refractivity contribution < 1.29 is 18.7 Å². The fourth-order valence-electron chi connectivity index (χ4n) is 1.56. The molecule has 1 heterocycles. The molecule has 0 unspecified atom stereocenters. The van der Waals surface area contributed by atoms with Gasteiger partial charge in [0.1, 0.15) is 5.56 Å². The number of aromatic carboxylic acids is 1. The third kappa shape index (κ3) is 2.85. The third-order valence-electron chi connectivity index (χ3n) is 2.47. The third-order valence-corrected chi connectivity index (χ3v) is 2.47. The van der Waals surface area contributed by atoms with Crippen molar-refractivity contribution in [2.24, 2.45) is 0 Å². The Balaban J connectivity index is 2.39. The van der Waals surface area contributed by atoms with Crippen molar-refractivity contribution in [1.29, 1.82) is 0 Å². The van der Waals surface area contributed by atoms with E-state index in [2.05, 4.69) is 10.3 Å². The molecule has 4 nitrogen and oxygen atoms in total. The first kappa shape index (κ1) is 12.9. The standard InChI is InChI=1S/C13H10F2N2O2/c1-7-4-12(9(6-16-7)13(18)19)17-8-2-3-10(14)11(15)5-8/h2-6H,1H3,(H,16,17)(H,18,19). The molecule has 2 N–H and O–H groups in total. The van der Waals surface area contributed by atoms with Crippen molar-refractivity contribution in [2.75, 3.05) is 5.32 Å². The summed E-state index contributed by atoms with van der Waals surface area (Å²) in [5.41, 5.74) is 1.09. The van der Waals surface area contributed by atoms with Gasteiger partial charge in [0.05, 0.1) is 5.69 Å². The molecular weight excluding hydrogens is 254 g/mol. The lowest BCUT2D eigenvalue weighted by atomic mass is 10.2. The van der Waals surface area contributed by atoms with E-state index in [1.54, 1.807) is 6.92 Å². The number of hydrogen-bond donors (Lipinski definition) is 2. The molecule has 0 saturated carbocycles. The van der Waals surface area contributed by atoms with E-state index in [4.69, 9.17) is 5.11 Å². The van der Waals surface area contributed by atoms with Gasteiger partial charge in [-0.25, -0.2) is 13.6 Å². The Kier molecular flexibility index (Phi) is 3.41. The molecule has 0 fully saturated rings. The van der Waals surface area contributed by atoms with E-state index < -0.39 is 17.6 Å². The lowest BCUT2D eigenvalue weighted by molar-refractivity contribution is 0.0697. The molecule has 0 bridgehead atoms. The predicted octanol–water partition coefficient (Wildman–Crippen LogP) is 3.11. The Labute approximate surface area is 107 Å². The Hall–Kier alpha value is -2.50. The zero-order valence-electron chi connectivity index (χ0n) is 9.95. The van der Waals surface area contributed by atoms with Crippen LogP contribution in [0.15, 0.2) is 30.5 Å². The highest BCUT2D eigenvalue weighted by Gasteiger charge is 2.12. The van der Waals surface area contributed by atoms with E-state index >= 15 is 0 Å². The fraction of sp³-hybridized carbons (Fsp3) is 0.0769.